The molecular formula is C15H15BrN2O3S. The van der Waals surface area contributed by atoms with Crippen LogP contribution in [-0.2, 0) is 4.79 Å². The van der Waals surface area contributed by atoms with Gasteiger partial charge in [-0.25, -0.2) is 0 Å². The highest BCUT2D eigenvalue weighted by molar-refractivity contribution is 9.10. The van der Waals surface area contributed by atoms with Gasteiger partial charge in [0.1, 0.15) is 5.69 Å². The first-order valence-corrected chi connectivity index (χ1v) is 8.88. The summed E-state index contributed by atoms with van der Waals surface area (Å²) in [6, 6.07) is 7.35. The molecule has 1 fully saturated rings. The molecule has 1 amide bonds. The molecule has 5 nitrogen and oxygen atoms in total. The molecule has 1 unspecified atom stereocenters. The minimum atomic E-state index is -0.870. The van der Waals surface area contributed by atoms with Crippen LogP contribution in [0.1, 0.15) is 16.9 Å². The van der Waals surface area contributed by atoms with Gasteiger partial charge in [-0.15, -0.1) is 0 Å². The predicted molar refractivity (Wildman–Crippen MR) is 90.4 cm³/mol. The third-order valence-corrected chi connectivity index (χ3v) is 5.30. The normalized spacial score (nSPS) is 18.6. The highest BCUT2D eigenvalue weighted by Gasteiger charge is 2.30. The van der Waals surface area contributed by atoms with Crippen LogP contribution in [0.3, 0.4) is 0 Å². The minimum absolute atomic E-state index is 0.00941. The Hall–Kier alpha value is -1.47. The van der Waals surface area contributed by atoms with E-state index in [4.69, 9.17) is 5.11 Å². The number of thioether (sulfide) groups is 1. The Morgan fingerprint density at radius 3 is 3.00 bits per heavy atom. The Kier molecular flexibility index (Phi) is 4.44. The summed E-state index contributed by atoms with van der Waals surface area (Å²) in [5.74, 6) is 0.516. The van der Waals surface area contributed by atoms with Crippen LogP contribution in [0.15, 0.2) is 28.7 Å². The van der Waals surface area contributed by atoms with Gasteiger partial charge in [-0.05, 0) is 24.3 Å². The molecule has 0 radical (unpaired) electrons. The monoisotopic (exact) mass is 382 g/mol. The van der Waals surface area contributed by atoms with Crippen molar-refractivity contribution in [2.75, 3.05) is 18.1 Å². The van der Waals surface area contributed by atoms with Crippen molar-refractivity contribution < 1.29 is 14.7 Å². The predicted octanol–water partition coefficient (Wildman–Crippen LogP) is 2.96. The topological polar surface area (TPSA) is 73.4 Å². The molecule has 2 heterocycles. The van der Waals surface area contributed by atoms with Gasteiger partial charge in [0.2, 0.25) is 0 Å². The van der Waals surface area contributed by atoms with Crippen molar-refractivity contribution in [1.29, 1.82) is 0 Å². The van der Waals surface area contributed by atoms with Crippen LogP contribution in [-0.4, -0.2) is 51.0 Å². The standard InChI is InChI=1S/C15H15BrN2O3S/c16-10-1-2-12-9(5-10)6-13(17-12)15(21)18-3-4-22-8-11(18)7-14(19)20/h1-2,5-6,11,17H,3-4,7-8H2,(H,19,20). The van der Waals surface area contributed by atoms with Gasteiger partial charge in [0.05, 0.1) is 12.5 Å². The van der Waals surface area contributed by atoms with Gasteiger partial charge in [0, 0.05) is 33.4 Å². The number of hydrogen-bond donors (Lipinski definition) is 2. The number of hydrogen-bond acceptors (Lipinski definition) is 3. The Morgan fingerprint density at radius 1 is 1.41 bits per heavy atom. The zero-order valence-electron chi connectivity index (χ0n) is 11.7. The molecule has 1 aliphatic rings. The van der Waals surface area contributed by atoms with E-state index in [-0.39, 0.29) is 18.4 Å². The maximum Gasteiger partial charge on any atom is 0.305 e. The van der Waals surface area contributed by atoms with Crippen molar-refractivity contribution >= 4 is 50.5 Å². The Bertz CT molecular complexity index is 731. The lowest BCUT2D eigenvalue weighted by molar-refractivity contribution is -0.138. The SMILES string of the molecule is O=C(O)CC1CSCCN1C(=O)c1cc2cc(Br)ccc2[nH]1. The number of aliphatic carboxylic acids is 1. The number of carbonyl (C=O) groups excluding carboxylic acids is 1. The fourth-order valence-corrected chi connectivity index (χ4v) is 4.11. The van der Waals surface area contributed by atoms with E-state index in [1.807, 2.05) is 24.3 Å². The molecule has 0 saturated carbocycles. The van der Waals surface area contributed by atoms with Crippen LogP contribution in [0.4, 0.5) is 0 Å². The maximum absolute atomic E-state index is 12.7. The van der Waals surface area contributed by atoms with Gasteiger partial charge in [0.25, 0.3) is 5.91 Å². The molecule has 2 aromatic rings. The first-order valence-electron chi connectivity index (χ1n) is 6.93. The van der Waals surface area contributed by atoms with Crippen molar-refractivity contribution in [2.24, 2.45) is 0 Å². The smallest absolute Gasteiger partial charge is 0.305 e. The van der Waals surface area contributed by atoms with Crippen LogP contribution in [0.25, 0.3) is 10.9 Å². The third kappa shape index (κ3) is 3.15. The van der Waals surface area contributed by atoms with E-state index >= 15 is 0 Å². The van der Waals surface area contributed by atoms with Crippen LogP contribution in [0.2, 0.25) is 0 Å². The number of halogens is 1. The van der Waals surface area contributed by atoms with E-state index in [1.54, 1.807) is 16.7 Å². The fraction of sp³-hybridized carbons (Fsp3) is 0.333. The van der Waals surface area contributed by atoms with Crippen molar-refractivity contribution in [3.05, 3.63) is 34.4 Å². The number of H-pyrrole nitrogens is 1. The van der Waals surface area contributed by atoms with Crippen molar-refractivity contribution in [2.45, 2.75) is 12.5 Å². The summed E-state index contributed by atoms with van der Waals surface area (Å²) in [6.45, 7) is 0.584. The summed E-state index contributed by atoms with van der Waals surface area (Å²) in [5, 5.41) is 9.98. The summed E-state index contributed by atoms with van der Waals surface area (Å²) in [6.07, 6.45) is -0.00941. The van der Waals surface area contributed by atoms with Gasteiger partial charge in [0.15, 0.2) is 0 Å². The van der Waals surface area contributed by atoms with Crippen molar-refractivity contribution in [3.8, 4) is 0 Å². The summed E-state index contributed by atoms with van der Waals surface area (Å²) in [5.41, 5.74) is 1.41. The van der Waals surface area contributed by atoms with Crippen LogP contribution in [0, 0.1) is 0 Å². The second-order valence-corrected chi connectivity index (χ2v) is 7.31. The van der Waals surface area contributed by atoms with Gasteiger partial charge in [-0.3, -0.25) is 9.59 Å². The number of nitrogens with zero attached hydrogens (tertiary/aromatic N) is 1. The lowest BCUT2D eigenvalue weighted by atomic mass is 10.1. The summed E-state index contributed by atoms with van der Waals surface area (Å²) in [7, 11) is 0. The van der Waals surface area contributed by atoms with Crippen molar-refractivity contribution in [1.82, 2.24) is 9.88 Å². The molecule has 22 heavy (non-hydrogen) atoms. The number of fused-ring (bicyclic) bond motifs is 1. The molecular weight excluding hydrogens is 368 g/mol. The molecule has 0 bridgehead atoms. The molecule has 1 atom stereocenters. The van der Waals surface area contributed by atoms with Crippen molar-refractivity contribution in [3.63, 3.8) is 0 Å². The molecule has 2 N–H and O–H groups in total. The summed E-state index contributed by atoms with van der Waals surface area (Å²) in [4.78, 5) is 28.5. The summed E-state index contributed by atoms with van der Waals surface area (Å²) >= 11 is 5.11. The number of aromatic nitrogens is 1. The number of rotatable bonds is 3. The first kappa shape index (κ1) is 15.4. The van der Waals surface area contributed by atoms with Crippen LogP contribution in [0.5, 0.6) is 0 Å². The van der Waals surface area contributed by atoms with Gasteiger partial charge in [-0.1, -0.05) is 15.9 Å². The molecule has 1 aromatic heterocycles. The van der Waals surface area contributed by atoms with Gasteiger partial charge >= 0.3 is 5.97 Å². The first-order chi connectivity index (χ1) is 10.5. The Labute approximate surface area is 140 Å². The Morgan fingerprint density at radius 2 is 2.23 bits per heavy atom. The number of carbonyl (C=O) groups is 2. The lowest BCUT2D eigenvalue weighted by Crippen LogP contribution is -2.47. The second kappa shape index (κ2) is 6.34. The molecule has 0 spiro atoms. The molecule has 1 saturated heterocycles. The molecule has 116 valence electrons. The van der Waals surface area contributed by atoms with E-state index in [0.29, 0.717) is 18.0 Å². The molecule has 1 aliphatic heterocycles. The van der Waals surface area contributed by atoms with E-state index in [2.05, 4.69) is 20.9 Å². The molecule has 1 aromatic carbocycles. The minimum Gasteiger partial charge on any atom is -0.481 e. The highest BCUT2D eigenvalue weighted by atomic mass is 79.9. The van der Waals surface area contributed by atoms with E-state index in [0.717, 1.165) is 21.1 Å². The van der Waals surface area contributed by atoms with Gasteiger partial charge < -0.3 is 15.0 Å². The number of benzene rings is 1. The number of nitrogens with one attached hydrogen (secondary N) is 1. The average molecular weight is 383 g/mol. The largest absolute Gasteiger partial charge is 0.481 e. The van der Waals surface area contributed by atoms with E-state index in [1.165, 1.54) is 0 Å². The highest BCUT2D eigenvalue weighted by Crippen LogP contribution is 2.24. The molecule has 7 heteroatoms. The fourth-order valence-electron chi connectivity index (χ4n) is 2.67. The third-order valence-electron chi connectivity index (χ3n) is 3.71. The van der Waals surface area contributed by atoms with E-state index < -0.39 is 5.97 Å². The lowest BCUT2D eigenvalue weighted by Gasteiger charge is -2.34. The zero-order chi connectivity index (χ0) is 15.7. The quantitative estimate of drug-likeness (QED) is 0.855. The molecule has 3 rings (SSSR count). The maximum atomic E-state index is 12.7. The number of amides is 1. The number of carboxylic acid groups (broad SMARTS) is 1. The molecule has 0 aliphatic carbocycles. The second-order valence-electron chi connectivity index (χ2n) is 5.24. The Balaban J connectivity index is 1.87. The van der Waals surface area contributed by atoms with Gasteiger partial charge in [-0.2, -0.15) is 11.8 Å². The van der Waals surface area contributed by atoms with Crippen LogP contribution >= 0.6 is 27.7 Å². The number of carboxylic acids is 1. The van der Waals surface area contributed by atoms with E-state index in [9.17, 15) is 9.59 Å². The number of aromatic amines is 1. The zero-order valence-corrected chi connectivity index (χ0v) is 14.1. The average Bonchev–Trinajstić information content (AvgIpc) is 2.89. The van der Waals surface area contributed by atoms with Crippen LogP contribution < -0.4 is 0 Å². The summed E-state index contributed by atoms with van der Waals surface area (Å²) < 4.78 is 0.955.